The van der Waals surface area contributed by atoms with Gasteiger partial charge in [0.1, 0.15) is 11.3 Å². The van der Waals surface area contributed by atoms with Gasteiger partial charge in [-0.25, -0.2) is 0 Å². The molecule has 0 bridgehead atoms. The van der Waals surface area contributed by atoms with Crippen LogP contribution < -0.4 is 15.8 Å². The van der Waals surface area contributed by atoms with Gasteiger partial charge in [-0.2, -0.15) is 0 Å². The first kappa shape index (κ1) is 13.8. The van der Waals surface area contributed by atoms with Gasteiger partial charge in [0.25, 0.3) is 0 Å². The summed E-state index contributed by atoms with van der Waals surface area (Å²) in [5.74, 6) is 0.646. The van der Waals surface area contributed by atoms with E-state index in [2.05, 4.69) is 5.32 Å². The average Bonchev–Trinajstić information content (AvgIpc) is 2.85. The maximum absolute atomic E-state index is 12.0. The maximum Gasteiger partial charge on any atom is 0.242 e. The number of carbonyl (C=O) groups is 1. The molecule has 0 radical (unpaired) electrons. The first-order valence-electron chi connectivity index (χ1n) is 6.51. The molecule has 1 saturated heterocycles. The Balaban J connectivity index is 1.91. The number of amides is 1. The summed E-state index contributed by atoms with van der Waals surface area (Å²) < 4.78 is 10.6. The first-order valence-corrected chi connectivity index (χ1v) is 6.51. The molecule has 1 unspecified atom stereocenters. The van der Waals surface area contributed by atoms with Crippen molar-refractivity contribution in [2.45, 2.75) is 25.4 Å². The summed E-state index contributed by atoms with van der Waals surface area (Å²) in [5, 5.41) is 2.85. The second kappa shape index (κ2) is 6.04. The molecule has 1 aromatic carbocycles. The van der Waals surface area contributed by atoms with Crippen LogP contribution in [0.3, 0.4) is 0 Å². The lowest BCUT2D eigenvalue weighted by Crippen LogP contribution is -2.54. The SMILES string of the molecule is CCOc1cccc(CNC(=O)C2(N)CCOC2)c1. The molecule has 1 aliphatic rings. The Bertz CT molecular complexity index is 442. The van der Waals surface area contributed by atoms with Gasteiger partial charge in [0, 0.05) is 13.2 Å². The van der Waals surface area contributed by atoms with Crippen LogP contribution in [0.2, 0.25) is 0 Å². The first-order chi connectivity index (χ1) is 9.14. The number of nitrogens with one attached hydrogen (secondary N) is 1. The lowest BCUT2D eigenvalue weighted by Gasteiger charge is -2.20. The van der Waals surface area contributed by atoms with E-state index < -0.39 is 5.54 Å². The molecule has 3 N–H and O–H groups in total. The minimum absolute atomic E-state index is 0.160. The number of benzene rings is 1. The van der Waals surface area contributed by atoms with E-state index in [0.717, 1.165) is 11.3 Å². The fourth-order valence-corrected chi connectivity index (χ4v) is 2.03. The number of nitrogens with two attached hydrogens (primary N) is 1. The van der Waals surface area contributed by atoms with Crippen LogP contribution in [0.15, 0.2) is 24.3 Å². The lowest BCUT2D eigenvalue weighted by molar-refractivity contribution is -0.126. The number of ether oxygens (including phenoxy) is 2. The number of rotatable bonds is 5. The standard InChI is InChI=1S/C14H20N2O3/c1-2-19-12-5-3-4-11(8-12)9-16-13(17)14(15)6-7-18-10-14/h3-5,8H,2,6-7,9-10,15H2,1H3,(H,16,17). The molecule has 0 spiro atoms. The molecule has 2 rings (SSSR count). The summed E-state index contributed by atoms with van der Waals surface area (Å²) in [6.45, 7) is 3.84. The van der Waals surface area contributed by atoms with Crippen molar-refractivity contribution < 1.29 is 14.3 Å². The molecule has 1 aromatic rings. The Morgan fingerprint density at radius 1 is 1.58 bits per heavy atom. The summed E-state index contributed by atoms with van der Waals surface area (Å²) in [6, 6.07) is 7.66. The van der Waals surface area contributed by atoms with Gasteiger partial charge >= 0.3 is 0 Å². The minimum atomic E-state index is -0.877. The third kappa shape index (κ3) is 3.45. The van der Waals surface area contributed by atoms with Crippen molar-refractivity contribution >= 4 is 5.91 Å². The van der Waals surface area contributed by atoms with Crippen LogP contribution in [0, 0.1) is 0 Å². The minimum Gasteiger partial charge on any atom is -0.494 e. The highest BCUT2D eigenvalue weighted by Crippen LogP contribution is 2.16. The molecule has 1 aliphatic heterocycles. The normalized spacial score (nSPS) is 22.2. The number of hydrogen-bond acceptors (Lipinski definition) is 4. The van der Waals surface area contributed by atoms with Crippen molar-refractivity contribution in [2.24, 2.45) is 5.73 Å². The molecule has 1 amide bonds. The second-order valence-electron chi connectivity index (χ2n) is 4.72. The van der Waals surface area contributed by atoms with Crippen LogP contribution in [0.25, 0.3) is 0 Å². The molecule has 104 valence electrons. The van der Waals surface area contributed by atoms with Crippen LogP contribution in [0.5, 0.6) is 5.75 Å². The van der Waals surface area contributed by atoms with Gasteiger partial charge in [0.2, 0.25) is 5.91 Å². The fourth-order valence-electron chi connectivity index (χ4n) is 2.03. The highest BCUT2D eigenvalue weighted by molar-refractivity contribution is 5.86. The Hall–Kier alpha value is -1.59. The lowest BCUT2D eigenvalue weighted by atomic mass is 9.99. The van der Waals surface area contributed by atoms with Crippen LogP contribution >= 0.6 is 0 Å². The van der Waals surface area contributed by atoms with Gasteiger partial charge in [-0.05, 0) is 31.0 Å². The Morgan fingerprint density at radius 2 is 2.42 bits per heavy atom. The average molecular weight is 264 g/mol. The highest BCUT2D eigenvalue weighted by Gasteiger charge is 2.37. The summed E-state index contributed by atoms with van der Waals surface area (Å²) >= 11 is 0. The zero-order valence-corrected chi connectivity index (χ0v) is 11.1. The van der Waals surface area contributed by atoms with Gasteiger partial charge in [-0.3, -0.25) is 4.79 Å². The summed E-state index contributed by atoms with van der Waals surface area (Å²) in [6.07, 6.45) is 0.567. The van der Waals surface area contributed by atoms with E-state index >= 15 is 0 Å². The molecule has 5 nitrogen and oxygen atoms in total. The molecule has 19 heavy (non-hydrogen) atoms. The molecule has 0 saturated carbocycles. The van der Waals surface area contributed by atoms with Crippen LogP contribution in [-0.4, -0.2) is 31.3 Å². The van der Waals surface area contributed by atoms with E-state index in [9.17, 15) is 4.79 Å². The van der Waals surface area contributed by atoms with Crippen molar-refractivity contribution in [3.8, 4) is 5.75 Å². The molecular weight excluding hydrogens is 244 g/mol. The Morgan fingerprint density at radius 3 is 3.11 bits per heavy atom. The molecule has 1 fully saturated rings. The maximum atomic E-state index is 12.0. The predicted octanol–water partition coefficient (Wildman–Crippen LogP) is 0.819. The largest absolute Gasteiger partial charge is 0.494 e. The van der Waals surface area contributed by atoms with Gasteiger partial charge in [-0.15, -0.1) is 0 Å². The molecule has 0 aliphatic carbocycles. The monoisotopic (exact) mass is 264 g/mol. The van der Waals surface area contributed by atoms with Crippen LogP contribution in [0.4, 0.5) is 0 Å². The molecule has 5 heteroatoms. The molecule has 1 heterocycles. The summed E-state index contributed by atoms with van der Waals surface area (Å²) in [5.41, 5.74) is 6.09. The smallest absolute Gasteiger partial charge is 0.242 e. The van der Waals surface area contributed by atoms with Crippen molar-refractivity contribution in [1.82, 2.24) is 5.32 Å². The Kier molecular flexibility index (Phi) is 4.39. The van der Waals surface area contributed by atoms with E-state index in [1.54, 1.807) is 0 Å². The van der Waals surface area contributed by atoms with Gasteiger partial charge in [-0.1, -0.05) is 12.1 Å². The second-order valence-corrected chi connectivity index (χ2v) is 4.72. The van der Waals surface area contributed by atoms with Gasteiger partial charge < -0.3 is 20.5 Å². The van der Waals surface area contributed by atoms with Gasteiger partial charge in [0.05, 0.1) is 13.2 Å². The van der Waals surface area contributed by atoms with E-state index in [0.29, 0.717) is 26.2 Å². The van der Waals surface area contributed by atoms with Crippen molar-refractivity contribution in [2.75, 3.05) is 19.8 Å². The molecular formula is C14H20N2O3. The van der Waals surface area contributed by atoms with Crippen LogP contribution in [-0.2, 0) is 16.1 Å². The number of hydrogen-bond donors (Lipinski definition) is 2. The summed E-state index contributed by atoms with van der Waals surface area (Å²) in [4.78, 5) is 12.0. The third-order valence-corrected chi connectivity index (χ3v) is 3.17. The van der Waals surface area contributed by atoms with Gasteiger partial charge in [0.15, 0.2) is 0 Å². The van der Waals surface area contributed by atoms with E-state index in [4.69, 9.17) is 15.2 Å². The quantitative estimate of drug-likeness (QED) is 0.825. The summed E-state index contributed by atoms with van der Waals surface area (Å²) in [7, 11) is 0. The van der Waals surface area contributed by atoms with Crippen LogP contribution in [0.1, 0.15) is 18.9 Å². The van der Waals surface area contributed by atoms with E-state index in [1.165, 1.54) is 0 Å². The van der Waals surface area contributed by atoms with E-state index in [-0.39, 0.29) is 12.5 Å². The topological polar surface area (TPSA) is 73.6 Å². The van der Waals surface area contributed by atoms with Crippen molar-refractivity contribution in [1.29, 1.82) is 0 Å². The molecule has 1 atom stereocenters. The predicted molar refractivity (Wildman–Crippen MR) is 71.8 cm³/mol. The third-order valence-electron chi connectivity index (χ3n) is 3.17. The molecule has 0 aromatic heterocycles. The zero-order valence-electron chi connectivity index (χ0n) is 11.1. The van der Waals surface area contributed by atoms with Crippen molar-refractivity contribution in [3.05, 3.63) is 29.8 Å². The fraction of sp³-hybridized carbons (Fsp3) is 0.500. The zero-order chi connectivity index (χ0) is 13.7. The Labute approximate surface area is 113 Å². The highest BCUT2D eigenvalue weighted by atomic mass is 16.5. The van der Waals surface area contributed by atoms with Crippen molar-refractivity contribution in [3.63, 3.8) is 0 Å². The number of carbonyl (C=O) groups excluding carboxylic acids is 1. The van der Waals surface area contributed by atoms with E-state index in [1.807, 2.05) is 31.2 Å².